The molecular weight excluding hydrogens is 436 g/mol. The van der Waals surface area contributed by atoms with E-state index in [2.05, 4.69) is 20.3 Å². The molecule has 0 saturated carbocycles. The standard InChI is InChI=1S/C19H19F2N5O4.ClH/c1-2-29-15-7-23-14(6-24-15)16(27)25-11-3-4-13(20)12(5-11)19-10-28-8-18(19,21)9-30-17(22)26-19;/h3-7H,2,8-10H2,1H3,(H2,22,26)(H,25,27);1H. The molecule has 4 rings (SSSR count). The number of alkyl halides is 1. The van der Waals surface area contributed by atoms with Crippen molar-refractivity contribution < 1.29 is 27.8 Å². The Bertz CT molecular complexity index is 1010. The Morgan fingerprint density at radius 3 is 2.81 bits per heavy atom. The van der Waals surface area contributed by atoms with E-state index in [0.717, 1.165) is 6.07 Å². The molecule has 2 aliphatic heterocycles. The Morgan fingerprint density at radius 1 is 1.29 bits per heavy atom. The smallest absolute Gasteiger partial charge is 0.283 e. The van der Waals surface area contributed by atoms with Crippen molar-refractivity contribution in [2.75, 3.05) is 31.7 Å². The normalized spacial score (nSPS) is 24.3. The van der Waals surface area contributed by atoms with Crippen LogP contribution in [-0.4, -0.2) is 54.0 Å². The minimum Gasteiger partial charge on any atom is -0.477 e. The van der Waals surface area contributed by atoms with E-state index in [4.69, 9.17) is 19.9 Å². The number of amides is 1. The van der Waals surface area contributed by atoms with Gasteiger partial charge in [-0.2, -0.15) is 0 Å². The molecule has 2 unspecified atom stereocenters. The summed E-state index contributed by atoms with van der Waals surface area (Å²) >= 11 is 0. The zero-order valence-electron chi connectivity index (χ0n) is 16.4. The Morgan fingerprint density at radius 2 is 2.10 bits per heavy atom. The van der Waals surface area contributed by atoms with Crippen molar-refractivity contribution in [2.24, 2.45) is 10.7 Å². The molecule has 31 heavy (non-hydrogen) atoms. The van der Waals surface area contributed by atoms with Crippen LogP contribution in [0.3, 0.4) is 0 Å². The van der Waals surface area contributed by atoms with Gasteiger partial charge in [-0.1, -0.05) is 0 Å². The maximum Gasteiger partial charge on any atom is 0.283 e. The molecule has 2 aliphatic rings. The van der Waals surface area contributed by atoms with Gasteiger partial charge >= 0.3 is 0 Å². The van der Waals surface area contributed by atoms with Gasteiger partial charge in [-0.15, -0.1) is 12.4 Å². The topological polar surface area (TPSA) is 121 Å². The Labute approximate surface area is 182 Å². The first-order chi connectivity index (χ1) is 14.4. The first-order valence-electron chi connectivity index (χ1n) is 9.18. The average molecular weight is 456 g/mol. The highest BCUT2D eigenvalue weighted by molar-refractivity contribution is 6.02. The number of amidine groups is 1. The molecule has 12 heteroatoms. The summed E-state index contributed by atoms with van der Waals surface area (Å²) in [5.74, 6) is -1.00. The van der Waals surface area contributed by atoms with Gasteiger partial charge in [0.25, 0.3) is 11.9 Å². The predicted molar refractivity (Wildman–Crippen MR) is 109 cm³/mol. The van der Waals surface area contributed by atoms with Crippen molar-refractivity contribution in [1.82, 2.24) is 9.97 Å². The van der Waals surface area contributed by atoms with E-state index in [-0.39, 0.29) is 54.5 Å². The molecule has 0 radical (unpaired) electrons. The van der Waals surface area contributed by atoms with E-state index in [1.807, 2.05) is 0 Å². The van der Waals surface area contributed by atoms with Crippen molar-refractivity contribution in [3.63, 3.8) is 0 Å². The molecule has 0 spiro atoms. The summed E-state index contributed by atoms with van der Waals surface area (Å²) in [6, 6.07) is 3.51. The summed E-state index contributed by atoms with van der Waals surface area (Å²) in [4.78, 5) is 24.5. The van der Waals surface area contributed by atoms with Crippen LogP contribution >= 0.6 is 12.4 Å². The average Bonchev–Trinajstić information content (AvgIpc) is 3.07. The summed E-state index contributed by atoms with van der Waals surface area (Å²) in [5, 5.41) is 2.59. The SMILES string of the molecule is CCOc1cnc(C(=O)Nc2ccc(F)c(C34COCC3(F)COC(N)=N4)c2)cn1.Cl. The highest BCUT2D eigenvalue weighted by Gasteiger charge is 2.62. The van der Waals surface area contributed by atoms with Gasteiger partial charge < -0.3 is 25.3 Å². The number of nitrogens with zero attached hydrogens (tertiary/aromatic N) is 3. The van der Waals surface area contributed by atoms with Crippen LogP contribution < -0.4 is 15.8 Å². The first-order valence-corrected chi connectivity index (χ1v) is 9.18. The highest BCUT2D eigenvalue weighted by Crippen LogP contribution is 2.48. The third kappa shape index (κ3) is 3.98. The van der Waals surface area contributed by atoms with Crippen LogP contribution in [0.1, 0.15) is 23.0 Å². The lowest BCUT2D eigenvalue weighted by Crippen LogP contribution is -2.55. The largest absolute Gasteiger partial charge is 0.477 e. The Balaban J connectivity index is 0.00000272. The molecule has 166 valence electrons. The quantitative estimate of drug-likeness (QED) is 0.706. The lowest BCUT2D eigenvalue weighted by atomic mass is 9.78. The lowest BCUT2D eigenvalue weighted by molar-refractivity contribution is 0.00905. The number of carbonyl (C=O) groups is 1. The monoisotopic (exact) mass is 455 g/mol. The number of halogens is 3. The lowest BCUT2D eigenvalue weighted by Gasteiger charge is -2.38. The molecular formula is C19H20ClF2N5O4. The van der Waals surface area contributed by atoms with Crippen LogP contribution in [0.2, 0.25) is 0 Å². The molecule has 3 N–H and O–H groups in total. The summed E-state index contributed by atoms with van der Waals surface area (Å²) in [7, 11) is 0. The zero-order chi connectivity index (χ0) is 21.4. The van der Waals surface area contributed by atoms with Gasteiger partial charge in [0.15, 0.2) is 11.2 Å². The molecule has 1 aromatic carbocycles. The number of anilines is 1. The number of fused-ring (bicyclic) bond motifs is 1. The van der Waals surface area contributed by atoms with Crippen LogP contribution in [0.4, 0.5) is 14.5 Å². The van der Waals surface area contributed by atoms with E-state index >= 15 is 4.39 Å². The summed E-state index contributed by atoms with van der Waals surface area (Å²) in [6.45, 7) is 1.26. The molecule has 1 aromatic heterocycles. The van der Waals surface area contributed by atoms with E-state index < -0.39 is 29.5 Å². The highest BCUT2D eigenvalue weighted by atomic mass is 35.5. The van der Waals surface area contributed by atoms with Crippen molar-refractivity contribution in [2.45, 2.75) is 18.1 Å². The molecule has 0 aliphatic carbocycles. The van der Waals surface area contributed by atoms with E-state index in [1.165, 1.54) is 24.5 Å². The van der Waals surface area contributed by atoms with Gasteiger partial charge in [0.1, 0.15) is 18.1 Å². The molecule has 2 atom stereocenters. The van der Waals surface area contributed by atoms with Crippen LogP contribution in [0, 0.1) is 5.82 Å². The number of aromatic nitrogens is 2. The number of rotatable bonds is 5. The maximum atomic E-state index is 15.5. The number of nitrogens with two attached hydrogens (primary N) is 1. The summed E-state index contributed by atoms with van der Waals surface area (Å²) < 4.78 is 45.7. The van der Waals surface area contributed by atoms with Gasteiger partial charge in [0.05, 0.1) is 32.2 Å². The van der Waals surface area contributed by atoms with Crippen molar-refractivity contribution in [3.8, 4) is 5.88 Å². The van der Waals surface area contributed by atoms with Crippen LogP contribution in [-0.2, 0) is 15.0 Å². The fraction of sp³-hybridized carbons (Fsp3) is 0.368. The first kappa shape index (κ1) is 22.6. The molecule has 1 fully saturated rings. The van der Waals surface area contributed by atoms with Gasteiger partial charge in [-0.3, -0.25) is 4.79 Å². The van der Waals surface area contributed by atoms with Gasteiger partial charge in [0.2, 0.25) is 5.88 Å². The number of carbonyl (C=O) groups excluding carboxylic acids is 1. The van der Waals surface area contributed by atoms with Crippen LogP contribution in [0.25, 0.3) is 0 Å². The molecule has 0 bridgehead atoms. The van der Waals surface area contributed by atoms with Gasteiger partial charge in [-0.05, 0) is 25.1 Å². The number of hydrogen-bond acceptors (Lipinski definition) is 8. The second-order valence-electron chi connectivity index (χ2n) is 6.88. The van der Waals surface area contributed by atoms with E-state index in [0.29, 0.717) is 6.61 Å². The molecule has 3 heterocycles. The van der Waals surface area contributed by atoms with Gasteiger partial charge in [-0.25, -0.2) is 23.7 Å². The predicted octanol–water partition coefficient (Wildman–Crippen LogP) is 1.97. The summed E-state index contributed by atoms with van der Waals surface area (Å²) in [6.07, 6.45) is 2.57. The number of hydrogen-bond donors (Lipinski definition) is 2. The maximum absolute atomic E-state index is 15.5. The Hall–Kier alpha value is -3.05. The fourth-order valence-electron chi connectivity index (χ4n) is 3.46. The number of nitrogens with one attached hydrogen (secondary N) is 1. The molecule has 1 amide bonds. The van der Waals surface area contributed by atoms with Crippen LogP contribution in [0.5, 0.6) is 5.88 Å². The number of benzene rings is 1. The van der Waals surface area contributed by atoms with Gasteiger partial charge in [0, 0.05) is 11.3 Å². The number of ether oxygens (including phenoxy) is 3. The van der Waals surface area contributed by atoms with Crippen molar-refractivity contribution >= 4 is 30.0 Å². The third-order valence-corrected chi connectivity index (χ3v) is 4.96. The second kappa shape index (κ2) is 8.60. The third-order valence-electron chi connectivity index (χ3n) is 4.96. The summed E-state index contributed by atoms with van der Waals surface area (Å²) in [5.41, 5.74) is 1.98. The van der Waals surface area contributed by atoms with E-state index in [9.17, 15) is 9.18 Å². The minimum atomic E-state index is -2.10. The zero-order valence-corrected chi connectivity index (χ0v) is 17.2. The molecule has 2 aromatic rings. The molecule has 1 saturated heterocycles. The molecule has 9 nitrogen and oxygen atoms in total. The Kier molecular flexibility index (Phi) is 6.27. The van der Waals surface area contributed by atoms with Crippen molar-refractivity contribution in [1.29, 1.82) is 0 Å². The fourth-order valence-corrected chi connectivity index (χ4v) is 3.46. The van der Waals surface area contributed by atoms with Crippen LogP contribution in [0.15, 0.2) is 35.6 Å². The van der Waals surface area contributed by atoms with Crippen molar-refractivity contribution in [3.05, 3.63) is 47.7 Å². The minimum absolute atomic E-state index is 0. The number of aliphatic imine (C=N–C) groups is 1. The van der Waals surface area contributed by atoms with E-state index in [1.54, 1.807) is 6.92 Å². The second-order valence-corrected chi connectivity index (χ2v) is 6.88.